The summed E-state index contributed by atoms with van der Waals surface area (Å²) >= 11 is 0. The van der Waals surface area contributed by atoms with E-state index in [9.17, 15) is 4.79 Å². The van der Waals surface area contributed by atoms with Crippen molar-refractivity contribution in [1.29, 1.82) is 0 Å². The molecule has 6 nitrogen and oxygen atoms in total. The van der Waals surface area contributed by atoms with Crippen LogP contribution in [0.15, 0.2) is 29.4 Å². The second-order valence-corrected chi connectivity index (χ2v) is 4.14. The Labute approximate surface area is 104 Å². The first-order valence-corrected chi connectivity index (χ1v) is 5.69. The van der Waals surface area contributed by atoms with E-state index in [1.165, 1.54) is 0 Å². The molecule has 18 heavy (non-hydrogen) atoms. The second kappa shape index (κ2) is 5.39. The molecule has 0 atom stereocenters. The molecule has 1 aliphatic rings. The molecule has 0 saturated heterocycles. The van der Waals surface area contributed by atoms with E-state index in [1.807, 2.05) is 0 Å². The first-order chi connectivity index (χ1) is 8.69. The van der Waals surface area contributed by atoms with Crippen molar-refractivity contribution in [2.75, 3.05) is 6.61 Å². The third-order valence-corrected chi connectivity index (χ3v) is 2.57. The Morgan fingerprint density at radius 3 is 2.67 bits per heavy atom. The number of amidine groups is 1. The number of benzene rings is 1. The van der Waals surface area contributed by atoms with E-state index in [1.54, 1.807) is 24.3 Å². The molecule has 0 aromatic heterocycles. The summed E-state index contributed by atoms with van der Waals surface area (Å²) in [5.41, 5.74) is 6.01. The molecule has 1 fully saturated rings. The van der Waals surface area contributed by atoms with E-state index < -0.39 is 0 Å². The number of hydrogen-bond donors (Lipinski definition) is 3. The van der Waals surface area contributed by atoms with Gasteiger partial charge >= 0.3 is 0 Å². The number of hydrogen-bond acceptors (Lipinski definition) is 4. The van der Waals surface area contributed by atoms with Gasteiger partial charge in [0, 0.05) is 11.6 Å². The molecule has 1 aromatic carbocycles. The van der Waals surface area contributed by atoms with Crippen molar-refractivity contribution in [2.24, 2.45) is 10.9 Å². The van der Waals surface area contributed by atoms with Crippen molar-refractivity contribution in [2.45, 2.75) is 18.9 Å². The second-order valence-electron chi connectivity index (χ2n) is 4.14. The first kappa shape index (κ1) is 12.2. The summed E-state index contributed by atoms with van der Waals surface area (Å²) in [7, 11) is 0. The van der Waals surface area contributed by atoms with Gasteiger partial charge in [0.25, 0.3) is 5.91 Å². The normalized spacial score (nSPS) is 15.2. The zero-order valence-electron chi connectivity index (χ0n) is 9.80. The summed E-state index contributed by atoms with van der Waals surface area (Å²) < 4.78 is 5.31. The maximum Gasteiger partial charge on any atom is 0.258 e. The van der Waals surface area contributed by atoms with Crippen LogP contribution in [0.4, 0.5) is 0 Å². The number of nitrogens with zero attached hydrogens (tertiary/aromatic N) is 1. The summed E-state index contributed by atoms with van der Waals surface area (Å²) in [6.45, 7) is -0.000577. The van der Waals surface area contributed by atoms with Gasteiger partial charge in [0.05, 0.1) is 0 Å². The molecular formula is C12H15N3O3. The van der Waals surface area contributed by atoms with Crippen molar-refractivity contribution in [3.05, 3.63) is 29.8 Å². The van der Waals surface area contributed by atoms with Crippen molar-refractivity contribution < 1.29 is 14.7 Å². The molecule has 0 unspecified atom stereocenters. The fraction of sp³-hybridized carbons (Fsp3) is 0.333. The molecule has 0 radical (unpaired) electrons. The van der Waals surface area contributed by atoms with Crippen LogP contribution < -0.4 is 15.8 Å². The molecule has 96 valence electrons. The van der Waals surface area contributed by atoms with E-state index >= 15 is 0 Å². The van der Waals surface area contributed by atoms with Crippen molar-refractivity contribution in [3.8, 4) is 5.75 Å². The monoisotopic (exact) mass is 249 g/mol. The van der Waals surface area contributed by atoms with Gasteiger partial charge in [0.2, 0.25) is 0 Å². The minimum atomic E-state index is -0.113. The molecule has 4 N–H and O–H groups in total. The van der Waals surface area contributed by atoms with Crippen LogP contribution in [0.25, 0.3) is 0 Å². The van der Waals surface area contributed by atoms with Crippen LogP contribution in [0.2, 0.25) is 0 Å². The predicted molar refractivity (Wildman–Crippen MR) is 65.6 cm³/mol. The van der Waals surface area contributed by atoms with Gasteiger partial charge < -0.3 is 21.0 Å². The van der Waals surface area contributed by atoms with E-state index in [4.69, 9.17) is 15.7 Å². The smallest absolute Gasteiger partial charge is 0.258 e. The summed E-state index contributed by atoms with van der Waals surface area (Å²) in [4.78, 5) is 11.4. The standard InChI is InChI=1S/C12H15N3O3/c13-12(15-17)8-1-5-10(6-2-8)18-7-11(16)14-9-3-4-9/h1-2,5-6,9,17H,3-4,7H2,(H2,13,15)(H,14,16). The van der Waals surface area contributed by atoms with E-state index in [-0.39, 0.29) is 18.3 Å². The quantitative estimate of drug-likeness (QED) is 0.305. The maximum atomic E-state index is 11.4. The molecular weight excluding hydrogens is 234 g/mol. The topological polar surface area (TPSA) is 96.9 Å². The van der Waals surface area contributed by atoms with E-state index in [0.717, 1.165) is 12.8 Å². The van der Waals surface area contributed by atoms with Crippen LogP contribution in [0, 0.1) is 0 Å². The minimum Gasteiger partial charge on any atom is -0.484 e. The van der Waals surface area contributed by atoms with Crippen LogP contribution >= 0.6 is 0 Å². The van der Waals surface area contributed by atoms with Crippen LogP contribution in [0.5, 0.6) is 5.75 Å². The van der Waals surface area contributed by atoms with Crippen LogP contribution in [0.1, 0.15) is 18.4 Å². The van der Waals surface area contributed by atoms with Crippen LogP contribution in [-0.2, 0) is 4.79 Å². The molecule has 1 aromatic rings. The number of nitrogens with two attached hydrogens (primary N) is 1. The highest BCUT2D eigenvalue weighted by Crippen LogP contribution is 2.18. The number of carbonyl (C=O) groups is 1. The Hall–Kier alpha value is -2.24. The Morgan fingerprint density at radius 2 is 2.11 bits per heavy atom. The predicted octanol–water partition coefficient (Wildman–Crippen LogP) is 0.438. The number of oxime groups is 1. The van der Waals surface area contributed by atoms with Crippen LogP contribution in [-0.4, -0.2) is 29.6 Å². The summed E-state index contributed by atoms with van der Waals surface area (Å²) in [6.07, 6.45) is 2.11. The lowest BCUT2D eigenvalue weighted by Crippen LogP contribution is -2.30. The highest BCUT2D eigenvalue weighted by atomic mass is 16.5. The Bertz CT molecular complexity index is 452. The molecule has 1 aliphatic carbocycles. The van der Waals surface area contributed by atoms with Gasteiger partial charge in [-0.25, -0.2) is 0 Å². The molecule has 0 spiro atoms. The zero-order chi connectivity index (χ0) is 13.0. The van der Waals surface area contributed by atoms with E-state index in [2.05, 4.69) is 10.5 Å². The first-order valence-electron chi connectivity index (χ1n) is 5.69. The number of carbonyl (C=O) groups excluding carboxylic acids is 1. The van der Waals surface area contributed by atoms with Crippen molar-refractivity contribution in [3.63, 3.8) is 0 Å². The third-order valence-electron chi connectivity index (χ3n) is 2.57. The third kappa shape index (κ3) is 3.38. The highest BCUT2D eigenvalue weighted by molar-refractivity contribution is 5.97. The minimum absolute atomic E-state index is 0.000577. The largest absolute Gasteiger partial charge is 0.484 e. The lowest BCUT2D eigenvalue weighted by atomic mass is 10.2. The maximum absolute atomic E-state index is 11.4. The average molecular weight is 249 g/mol. The molecule has 2 rings (SSSR count). The van der Waals surface area contributed by atoms with Gasteiger partial charge in [0.15, 0.2) is 12.4 Å². The molecule has 1 amide bonds. The lowest BCUT2D eigenvalue weighted by Gasteiger charge is -2.07. The van der Waals surface area contributed by atoms with Gasteiger partial charge in [-0.15, -0.1) is 0 Å². The van der Waals surface area contributed by atoms with Crippen LogP contribution in [0.3, 0.4) is 0 Å². The fourth-order valence-electron chi connectivity index (χ4n) is 1.43. The van der Waals surface area contributed by atoms with Crippen molar-refractivity contribution >= 4 is 11.7 Å². The summed E-state index contributed by atoms with van der Waals surface area (Å²) in [6, 6.07) is 6.98. The zero-order valence-corrected chi connectivity index (χ0v) is 9.80. The Kier molecular flexibility index (Phi) is 3.66. The molecule has 0 aliphatic heterocycles. The van der Waals surface area contributed by atoms with Gasteiger partial charge in [-0.05, 0) is 37.1 Å². The molecule has 0 bridgehead atoms. The summed E-state index contributed by atoms with van der Waals surface area (Å²) in [5, 5.41) is 14.2. The SMILES string of the molecule is N/C(=N\O)c1ccc(OCC(=O)NC2CC2)cc1. The average Bonchev–Trinajstić information content (AvgIpc) is 3.20. The van der Waals surface area contributed by atoms with E-state index in [0.29, 0.717) is 17.4 Å². The number of rotatable bonds is 5. The lowest BCUT2D eigenvalue weighted by molar-refractivity contribution is -0.123. The molecule has 6 heteroatoms. The Morgan fingerprint density at radius 1 is 1.44 bits per heavy atom. The van der Waals surface area contributed by atoms with Gasteiger partial charge in [-0.1, -0.05) is 5.16 Å². The molecule has 1 saturated carbocycles. The van der Waals surface area contributed by atoms with Gasteiger partial charge in [-0.3, -0.25) is 4.79 Å². The van der Waals surface area contributed by atoms with Gasteiger partial charge in [0.1, 0.15) is 5.75 Å². The highest BCUT2D eigenvalue weighted by Gasteiger charge is 2.23. The summed E-state index contributed by atoms with van der Waals surface area (Å²) in [5.74, 6) is 0.487. The fourth-order valence-corrected chi connectivity index (χ4v) is 1.43. The number of amides is 1. The number of ether oxygens (including phenoxy) is 1. The Balaban J connectivity index is 1.83. The molecule has 0 heterocycles. The van der Waals surface area contributed by atoms with Gasteiger partial charge in [-0.2, -0.15) is 0 Å². The van der Waals surface area contributed by atoms with Crippen molar-refractivity contribution in [1.82, 2.24) is 5.32 Å². The number of nitrogens with one attached hydrogen (secondary N) is 1.